The minimum Gasteiger partial charge on any atom is -0.399 e. The van der Waals surface area contributed by atoms with Gasteiger partial charge in [0.25, 0.3) is 0 Å². The third kappa shape index (κ3) is 1.83. The number of hydrogen-bond acceptors (Lipinski definition) is 3. The summed E-state index contributed by atoms with van der Waals surface area (Å²) in [5.74, 6) is 1.75. The monoisotopic (exact) mass is 202 g/mol. The topological polar surface area (TPSA) is 56.7 Å². The van der Waals surface area contributed by atoms with E-state index in [1.807, 2.05) is 38.2 Å². The Hall–Kier alpha value is -1.84. The zero-order valence-electron chi connectivity index (χ0n) is 8.94. The molecule has 1 heterocycles. The van der Waals surface area contributed by atoms with E-state index in [0.29, 0.717) is 0 Å². The maximum atomic E-state index is 5.63. The molecule has 1 aromatic heterocycles. The lowest BCUT2D eigenvalue weighted by Gasteiger charge is -1.99. The van der Waals surface area contributed by atoms with Crippen molar-refractivity contribution in [2.45, 2.75) is 13.3 Å². The average molecular weight is 202 g/mol. The molecule has 0 aliphatic heterocycles. The number of aryl methyl sites for hydroxylation is 2. The average Bonchev–Trinajstić information content (AvgIpc) is 2.61. The largest absolute Gasteiger partial charge is 0.399 e. The summed E-state index contributed by atoms with van der Waals surface area (Å²) in [7, 11) is 1.90. The molecule has 0 radical (unpaired) electrons. The van der Waals surface area contributed by atoms with Gasteiger partial charge < -0.3 is 5.73 Å². The summed E-state index contributed by atoms with van der Waals surface area (Å²) in [4.78, 5) is 4.44. The van der Waals surface area contributed by atoms with Crippen LogP contribution in [-0.2, 0) is 13.5 Å². The number of nitrogens with zero attached hydrogens (tertiary/aromatic N) is 3. The Morgan fingerprint density at radius 3 is 2.47 bits per heavy atom. The van der Waals surface area contributed by atoms with Gasteiger partial charge in [0.1, 0.15) is 0 Å². The SMILES string of the molecule is CCc1nc(-c2ccc(N)cc2)n(C)n1. The molecule has 2 N–H and O–H groups in total. The van der Waals surface area contributed by atoms with Gasteiger partial charge in [-0.25, -0.2) is 9.67 Å². The molecular formula is C11H14N4. The van der Waals surface area contributed by atoms with E-state index < -0.39 is 0 Å². The van der Waals surface area contributed by atoms with E-state index in [1.54, 1.807) is 4.68 Å². The first-order valence-electron chi connectivity index (χ1n) is 4.96. The van der Waals surface area contributed by atoms with Crippen LogP contribution >= 0.6 is 0 Å². The Balaban J connectivity index is 2.44. The van der Waals surface area contributed by atoms with Crippen LogP contribution in [0.15, 0.2) is 24.3 Å². The number of aromatic nitrogens is 3. The van der Waals surface area contributed by atoms with Gasteiger partial charge in [0.05, 0.1) is 0 Å². The summed E-state index contributed by atoms with van der Waals surface area (Å²) in [6.45, 7) is 2.04. The number of hydrogen-bond donors (Lipinski definition) is 1. The van der Waals surface area contributed by atoms with Crippen molar-refractivity contribution in [3.63, 3.8) is 0 Å². The molecule has 0 aliphatic carbocycles. The molecule has 0 aliphatic rings. The quantitative estimate of drug-likeness (QED) is 0.753. The van der Waals surface area contributed by atoms with Crippen LogP contribution in [0.4, 0.5) is 5.69 Å². The molecule has 0 spiro atoms. The number of benzene rings is 1. The van der Waals surface area contributed by atoms with Crippen LogP contribution in [0.25, 0.3) is 11.4 Å². The maximum Gasteiger partial charge on any atom is 0.158 e. The first-order valence-corrected chi connectivity index (χ1v) is 4.96. The van der Waals surface area contributed by atoms with Crippen molar-refractivity contribution in [2.75, 3.05) is 5.73 Å². The molecule has 0 saturated heterocycles. The van der Waals surface area contributed by atoms with E-state index in [0.717, 1.165) is 29.3 Å². The predicted octanol–water partition coefficient (Wildman–Crippen LogP) is 1.63. The second kappa shape index (κ2) is 3.73. The van der Waals surface area contributed by atoms with Crippen molar-refractivity contribution in [3.8, 4) is 11.4 Å². The van der Waals surface area contributed by atoms with Gasteiger partial charge in [-0.3, -0.25) is 0 Å². The van der Waals surface area contributed by atoms with Crippen molar-refractivity contribution >= 4 is 5.69 Å². The van der Waals surface area contributed by atoms with E-state index in [9.17, 15) is 0 Å². The first-order chi connectivity index (χ1) is 7.20. The first kappa shape index (κ1) is 9.71. The fraction of sp³-hybridized carbons (Fsp3) is 0.273. The minimum atomic E-state index is 0.761. The lowest BCUT2D eigenvalue weighted by atomic mass is 10.2. The van der Waals surface area contributed by atoms with Crippen LogP contribution in [-0.4, -0.2) is 14.8 Å². The van der Waals surface area contributed by atoms with Crippen molar-refractivity contribution in [1.29, 1.82) is 0 Å². The second-order valence-electron chi connectivity index (χ2n) is 3.45. The van der Waals surface area contributed by atoms with Crippen molar-refractivity contribution < 1.29 is 0 Å². The summed E-state index contributed by atoms with van der Waals surface area (Å²) in [5.41, 5.74) is 7.43. The number of nitrogen functional groups attached to an aromatic ring is 1. The second-order valence-corrected chi connectivity index (χ2v) is 3.45. The van der Waals surface area contributed by atoms with Gasteiger partial charge in [-0.1, -0.05) is 6.92 Å². The third-order valence-electron chi connectivity index (χ3n) is 2.29. The standard InChI is InChI=1S/C11H14N4/c1-3-10-13-11(15(2)14-10)8-4-6-9(12)7-5-8/h4-7H,3,12H2,1-2H3. The van der Waals surface area contributed by atoms with Crippen molar-refractivity contribution in [1.82, 2.24) is 14.8 Å². The highest BCUT2D eigenvalue weighted by Gasteiger charge is 2.07. The van der Waals surface area contributed by atoms with Crippen LogP contribution in [0.1, 0.15) is 12.7 Å². The predicted molar refractivity (Wildman–Crippen MR) is 60.2 cm³/mol. The fourth-order valence-corrected chi connectivity index (χ4v) is 1.47. The minimum absolute atomic E-state index is 0.761. The van der Waals surface area contributed by atoms with Crippen LogP contribution in [0.5, 0.6) is 0 Å². The van der Waals surface area contributed by atoms with E-state index in [2.05, 4.69) is 10.1 Å². The Kier molecular flexibility index (Phi) is 2.41. The molecule has 0 atom stereocenters. The van der Waals surface area contributed by atoms with Gasteiger partial charge in [0, 0.05) is 24.7 Å². The highest BCUT2D eigenvalue weighted by molar-refractivity contribution is 5.58. The van der Waals surface area contributed by atoms with Crippen LogP contribution < -0.4 is 5.73 Å². The Morgan fingerprint density at radius 2 is 1.93 bits per heavy atom. The molecule has 2 aromatic rings. The van der Waals surface area contributed by atoms with Gasteiger partial charge in [0.15, 0.2) is 11.6 Å². The number of anilines is 1. The Bertz CT molecular complexity index is 456. The summed E-state index contributed by atoms with van der Waals surface area (Å²) >= 11 is 0. The highest BCUT2D eigenvalue weighted by Crippen LogP contribution is 2.18. The van der Waals surface area contributed by atoms with Crippen LogP contribution in [0.3, 0.4) is 0 Å². The summed E-state index contributed by atoms with van der Waals surface area (Å²) in [5, 5.41) is 4.30. The molecule has 4 nitrogen and oxygen atoms in total. The number of nitrogens with two attached hydrogens (primary N) is 1. The normalized spacial score (nSPS) is 10.5. The zero-order chi connectivity index (χ0) is 10.8. The molecule has 0 amide bonds. The van der Waals surface area contributed by atoms with Gasteiger partial charge in [0.2, 0.25) is 0 Å². The summed E-state index contributed by atoms with van der Waals surface area (Å²) < 4.78 is 1.80. The number of rotatable bonds is 2. The molecule has 4 heteroatoms. The van der Waals surface area contributed by atoms with E-state index >= 15 is 0 Å². The fourth-order valence-electron chi connectivity index (χ4n) is 1.47. The third-order valence-corrected chi connectivity index (χ3v) is 2.29. The smallest absolute Gasteiger partial charge is 0.158 e. The van der Waals surface area contributed by atoms with Crippen molar-refractivity contribution in [2.24, 2.45) is 7.05 Å². The molecule has 15 heavy (non-hydrogen) atoms. The zero-order valence-corrected chi connectivity index (χ0v) is 8.94. The maximum absolute atomic E-state index is 5.63. The molecule has 0 saturated carbocycles. The van der Waals surface area contributed by atoms with E-state index in [4.69, 9.17) is 5.73 Å². The highest BCUT2D eigenvalue weighted by atomic mass is 15.3. The van der Waals surface area contributed by atoms with E-state index in [-0.39, 0.29) is 0 Å². The van der Waals surface area contributed by atoms with Crippen LogP contribution in [0.2, 0.25) is 0 Å². The van der Waals surface area contributed by atoms with Gasteiger partial charge in [-0.05, 0) is 24.3 Å². The lowest BCUT2D eigenvalue weighted by molar-refractivity contribution is 0.753. The summed E-state index contributed by atoms with van der Waals surface area (Å²) in [6, 6.07) is 7.66. The molecular weight excluding hydrogens is 188 g/mol. The molecule has 2 rings (SSSR count). The van der Waals surface area contributed by atoms with E-state index in [1.165, 1.54) is 0 Å². The summed E-state index contributed by atoms with van der Waals surface area (Å²) in [6.07, 6.45) is 0.850. The molecule has 0 unspecified atom stereocenters. The van der Waals surface area contributed by atoms with Gasteiger partial charge >= 0.3 is 0 Å². The van der Waals surface area contributed by atoms with Crippen molar-refractivity contribution in [3.05, 3.63) is 30.1 Å². The lowest BCUT2D eigenvalue weighted by Crippen LogP contribution is -1.94. The molecule has 0 fully saturated rings. The molecule has 1 aromatic carbocycles. The molecule has 78 valence electrons. The van der Waals surface area contributed by atoms with Gasteiger partial charge in [-0.2, -0.15) is 5.10 Å². The Morgan fingerprint density at radius 1 is 1.27 bits per heavy atom. The van der Waals surface area contributed by atoms with Gasteiger partial charge in [-0.15, -0.1) is 0 Å². The molecule has 0 bridgehead atoms. The van der Waals surface area contributed by atoms with Crippen LogP contribution in [0, 0.1) is 0 Å². The Labute approximate surface area is 88.8 Å².